The van der Waals surface area contributed by atoms with Crippen molar-refractivity contribution in [3.8, 4) is 0 Å². The van der Waals surface area contributed by atoms with Gasteiger partial charge in [0.25, 0.3) is 0 Å². The van der Waals surface area contributed by atoms with Crippen molar-refractivity contribution in [3.63, 3.8) is 0 Å². The van der Waals surface area contributed by atoms with E-state index in [2.05, 4.69) is 23.8 Å². The third-order valence-electron chi connectivity index (χ3n) is 4.10. The molecule has 0 aliphatic heterocycles. The van der Waals surface area contributed by atoms with Gasteiger partial charge < -0.3 is 0 Å². The maximum Gasteiger partial charge on any atom is 0.246 e. The summed E-state index contributed by atoms with van der Waals surface area (Å²) >= 11 is 5.59. The third-order valence-corrected chi connectivity index (χ3v) is 6.15. The topological polar surface area (TPSA) is 63.2 Å². The number of hydrogen-bond acceptors (Lipinski definition) is 4. The van der Waals surface area contributed by atoms with E-state index in [0.29, 0.717) is 5.41 Å². The van der Waals surface area contributed by atoms with Crippen LogP contribution in [0.5, 0.6) is 0 Å². The molecule has 1 aromatic rings. The van der Waals surface area contributed by atoms with E-state index in [4.69, 9.17) is 11.6 Å². The molecule has 1 aliphatic rings. The number of sulfonamides is 1. The van der Waals surface area contributed by atoms with Crippen molar-refractivity contribution in [1.82, 2.24) is 14.3 Å². The maximum atomic E-state index is 12.5. The number of hydrogen-bond donors (Lipinski definition) is 0. The molecule has 7 heteroatoms. The largest absolute Gasteiger partial charge is 0.246 e. The fraction of sp³-hybridized carbons (Fsp3) is 0.692. The van der Waals surface area contributed by atoms with E-state index >= 15 is 0 Å². The highest BCUT2D eigenvalue weighted by Crippen LogP contribution is 2.37. The minimum absolute atomic E-state index is 0.0451. The molecular weight excluding hydrogens is 298 g/mol. The maximum absolute atomic E-state index is 12.5. The first-order valence-electron chi connectivity index (χ1n) is 6.68. The highest BCUT2D eigenvalue weighted by atomic mass is 35.5. The fourth-order valence-electron chi connectivity index (χ4n) is 2.54. The normalized spacial score (nSPS) is 20.2. The van der Waals surface area contributed by atoms with Crippen molar-refractivity contribution < 1.29 is 8.42 Å². The molecule has 5 nitrogen and oxygen atoms in total. The molecule has 0 atom stereocenters. The molecular formula is C13H20ClN3O2S. The molecule has 1 aliphatic carbocycles. The van der Waals surface area contributed by atoms with Gasteiger partial charge in [-0.2, -0.15) is 4.31 Å². The number of nitrogens with zero attached hydrogens (tertiary/aromatic N) is 3. The van der Waals surface area contributed by atoms with Crippen LogP contribution in [-0.4, -0.2) is 35.8 Å². The number of halogens is 1. The summed E-state index contributed by atoms with van der Waals surface area (Å²) in [6, 6.07) is 0.0451. The summed E-state index contributed by atoms with van der Waals surface area (Å²) in [6.45, 7) is 4.45. The highest BCUT2D eigenvalue weighted by molar-refractivity contribution is 7.89. The van der Waals surface area contributed by atoms with Crippen molar-refractivity contribution in [1.29, 1.82) is 0 Å². The van der Waals surface area contributed by atoms with Gasteiger partial charge in [0, 0.05) is 13.1 Å². The van der Waals surface area contributed by atoms with Crippen molar-refractivity contribution in [2.45, 2.75) is 50.5 Å². The van der Waals surface area contributed by atoms with Gasteiger partial charge >= 0.3 is 0 Å². The van der Waals surface area contributed by atoms with Crippen LogP contribution >= 0.6 is 11.6 Å². The summed E-state index contributed by atoms with van der Waals surface area (Å²) in [5.74, 6) is 0. The summed E-state index contributed by atoms with van der Waals surface area (Å²) in [5, 5.41) is 0.0472. The molecule has 2 rings (SSSR count). The highest BCUT2D eigenvalue weighted by Gasteiger charge is 2.34. The van der Waals surface area contributed by atoms with E-state index < -0.39 is 10.0 Å². The second kappa shape index (κ2) is 5.58. The first-order chi connectivity index (χ1) is 9.22. The van der Waals surface area contributed by atoms with Crippen LogP contribution in [0.3, 0.4) is 0 Å². The summed E-state index contributed by atoms with van der Waals surface area (Å²) in [4.78, 5) is 7.58. The van der Waals surface area contributed by atoms with Crippen LogP contribution in [0.15, 0.2) is 17.3 Å². The first-order valence-corrected chi connectivity index (χ1v) is 8.50. The number of rotatable bonds is 3. The second-order valence-corrected chi connectivity index (χ2v) is 8.44. The Kier molecular flexibility index (Phi) is 4.37. The minimum atomic E-state index is -3.54. The number of aromatic nitrogens is 2. The van der Waals surface area contributed by atoms with Crippen LogP contribution in [0.2, 0.25) is 5.28 Å². The van der Waals surface area contributed by atoms with Gasteiger partial charge in [0.1, 0.15) is 4.90 Å². The van der Waals surface area contributed by atoms with E-state index in [9.17, 15) is 8.42 Å². The molecule has 0 radical (unpaired) electrons. The second-order valence-electron chi connectivity index (χ2n) is 6.10. The van der Waals surface area contributed by atoms with Crippen molar-refractivity contribution in [2.75, 3.05) is 7.05 Å². The van der Waals surface area contributed by atoms with Crippen LogP contribution in [0.4, 0.5) is 0 Å². The Morgan fingerprint density at radius 2 is 1.75 bits per heavy atom. The third kappa shape index (κ3) is 3.30. The van der Waals surface area contributed by atoms with Crippen LogP contribution < -0.4 is 0 Å². The lowest BCUT2D eigenvalue weighted by Gasteiger charge is -2.37. The average molecular weight is 318 g/mol. The predicted molar refractivity (Wildman–Crippen MR) is 78.0 cm³/mol. The molecule has 0 unspecified atom stereocenters. The summed E-state index contributed by atoms with van der Waals surface area (Å²) in [7, 11) is -1.91. The van der Waals surface area contributed by atoms with Crippen LogP contribution in [-0.2, 0) is 10.0 Å². The zero-order valence-electron chi connectivity index (χ0n) is 12.0. The molecule has 112 valence electrons. The van der Waals surface area contributed by atoms with Crippen molar-refractivity contribution >= 4 is 21.6 Å². The fourth-order valence-corrected chi connectivity index (χ4v) is 3.95. The van der Waals surface area contributed by atoms with E-state index in [1.165, 1.54) is 16.7 Å². The predicted octanol–water partition coefficient (Wildman–Crippen LogP) is 2.72. The van der Waals surface area contributed by atoms with E-state index in [1.54, 1.807) is 7.05 Å². The van der Waals surface area contributed by atoms with Gasteiger partial charge in [-0.05, 0) is 42.7 Å². The molecule has 0 amide bonds. The summed E-state index contributed by atoms with van der Waals surface area (Å²) in [5.41, 5.74) is 0.310. The lowest BCUT2D eigenvalue weighted by Crippen LogP contribution is -2.40. The van der Waals surface area contributed by atoms with E-state index in [0.717, 1.165) is 25.7 Å². The molecule has 1 heterocycles. The van der Waals surface area contributed by atoms with Gasteiger partial charge in [0.2, 0.25) is 15.3 Å². The zero-order valence-corrected chi connectivity index (χ0v) is 13.6. The van der Waals surface area contributed by atoms with E-state index in [-0.39, 0.29) is 16.2 Å². The Hall–Kier alpha value is -0.720. The van der Waals surface area contributed by atoms with Gasteiger partial charge in [-0.3, -0.25) is 0 Å². The molecule has 0 bridgehead atoms. The van der Waals surface area contributed by atoms with Gasteiger partial charge in [0.05, 0.1) is 12.4 Å². The Balaban J connectivity index is 2.16. The molecule has 0 spiro atoms. The first kappa shape index (κ1) is 15.7. The lowest BCUT2D eigenvalue weighted by molar-refractivity contribution is 0.174. The summed E-state index contributed by atoms with van der Waals surface area (Å²) in [6.07, 6.45) is 6.36. The van der Waals surface area contributed by atoms with Crippen LogP contribution in [0, 0.1) is 5.41 Å². The Labute approximate surface area is 125 Å². The van der Waals surface area contributed by atoms with Gasteiger partial charge in [-0.15, -0.1) is 0 Å². The molecule has 0 saturated heterocycles. The van der Waals surface area contributed by atoms with Crippen LogP contribution in [0.1, 0.15) is 39.5 Å². The van der Waals surface area contributed by atoms with Crippen molar-refractivity contribution in [3.05, 3.63) is 17.7 Å². The van der Waals surface area contributed by atoms with E-state index in [1.807, 2.05) is 0 Å². The van der Waals surface area contributed by atoms with Crippen LogP contribution in [0.25, 0.3) is 0 Å². The van der Waals surface area contributed by atoms with Crippen molar-refractivity contribution in [2.24, 2.45) is 5.41 Å². The summed E-state index contributed by atoms with van der Waals surface area (Å²) < 4.78 is 26.5. The molecule has 1 aromatic heterocycles. The molecule has 1 fully saturated rings. The zero-order chi connectivity index (χ0) is 15.0. The molecule has 1 saturated carbocycles. The van der Waals surface area contributed by atoms with Gasteiger partial charge in [-0.1, -0.05) is 13.8 Å². The molecule has 0 N–H and O–H groups in total. The standard InChI is InChI=1S/C13H20ClN3O2S/c1-13(2)6-4-10(5-7-13)17(3)20(18,19)11-8-15-12(14)16-9-11/h8-10H,4-7H2,1-3H3. The smallest absolute Gasteiger partial charge is 0.225 e. The Morgan fingerprint density at radius 3 is 2.25 bits per heavy atom. The van der Waals surface area contributed by atoms with Gasteiger partial charge in [-0.25, -0.2) is 18.4 Å². The monoisotopic (exact) mass is 317 g/mol. The van der Waals surface area contributed by atoms with Gasteiger partial charge in [0.15, 0.2) is 0 Å². The molecule has 0 aromatic carbocycles. The Morgan fingerprint density at radius 1 is 1.25 bits per heavy atom. The molecule has 20 heavy (non-hydrogen) atoms. The SMILES string of the molecule is CN(C1CCC(C)(C)CC1)S(=O)(=O)c1cnc(Cl)nc1. The lowest BCUT2D eigenvalue weighted by atomic mass is 9.76. The minimum Gasteiger partial charge on any atom is -0.225 e. The Bertz CT molecular complexity index is 562. The quantitative estimate of drug-likeness (QED) is 0.804. The average Bonchev–Trinajstić information content (AvgIpc) is 2.38.